The monoisotopic (exact) mass is 488 g/mol. The lowest BCUT2D eigenvalue weighted by Crippen LogP contribution is -2.19. The van der Waals surface area contributed by atoms with E-state index in [4.69, 9.17) is 25.6 Å². The van der Waals surface area contributed by atoms with E-state index in [-0.39, 0.29) is 11.4 Å². The quantitative estimate of drug-likeness (QED) is 0.328. The highest BCUT2D eigenvalue weighted by molar-refractivity contribution is 8.01. The molecule has 4 aromatic heterocycles. The molecule has 11 nitrogen and oxygen atoms in total. The van der Waals surface area contributed by atoms with Crippen LogP contribution in [-0.2, 0) is 11.3 Å². The molecule has 0 aliphatic heterocycles. The van der Waals surface area contributed by atoms with E-state index in [1.54, 1.807) is 38.7 Å². The van der Waals surface area contributed by atoms with Gasteiger partial charge in [0, 0.05) is 31.6 Å². The molecule has 2 unspecified atom stereocenters. The van der Waals surface area contributed by atoms with Gasteiger partial charge in [-0.15, -0.1) is 10.2 Å². The zero-order valence-corrected chi connectivity index (χ0v) is 19.6. The van der Waals surface area contributed by atoms with Crippen molar-refractivity contribution in [2.45, 2.75) is 24.8 Å². The molecule has 0 radical (unpaired) electrons. The highest BCUT2D eigenvalue weighted by atomic mass is 35.5. The summed E-state index contributed by atoms with van der Waals surface area (Å²) < 4.78 is 21.0. The average molecular weight is 489 g/mol. The molecule has 4 heterocycles. The van der Waals surface area contributed by atoms with Crippen molar-refractivity contribution in [2.24, 2.45) is 0 Å². The molecule has 4 aromatic rings. The predicted molar refractivity (Wildman–Crippen MR) is 123 cm³/mol. The van der Waals surface area contributed by atoms with Gasteiger partial charge >= 0.3 is 0 Å². The molecule has 0 fully saturated rings. The van der Waals surface area contributed by atoms with Gasteiger partial charge in [0.25, 0.3) is 0 Å². The van der Waals surface area contributed by atoms with Crippen molar-refractivity contribution in [3.63, 3.8) is 0 Å². The number of methoxy groups -OCH3 is 2. The zero-order valence-electron chi connectivity index (χ0n) is 18.0. The van der Waals surface area contributed by atoms with Crippen molar-refractivity contribution >= 4 is 29.5 Å². The summed E-state index contributed by atoms with van der Waals surface area (Å²) in [7, 11) is 3.17. The van der Waals surface area contributed by atoms with Gasteiger partial charge in [-0.3, -0.25) is 9.29 Å². The molecule has 33 heavy (non-hydrogen) atoms. The van der Waals surface area contributed by atoms with Crippen LogP contribution in [-0.4, -0.2) is 54.3 Å². The average Bonchev–Trinajstić information content (AvgIpc) is 3.50. The van der Waals surface area contributed by atoms with E-state index in [1.165, 1.54) is 18.2 Å². The molecule has 0 saturated heterocycles. The Morgan fingerprint density at radius 1 is 1.18 bits per heavy atom. The molecule has 1 N–H and O–H groups in total. The predicted octanol–water partition coefficient (Wildman–Crippen LogP) is 3.66. The van der Waals surface area contributed by atoms with Crippen LogP contribution in [0.15, 0.2) is 47.4 Å². The Labute approximate surface area is 199 Å². The molecule has 0 spiro atoms. The topological polar surface area (TPSA) is 126 Å². The standard InChI is InChI=1S/C20H21ClN8O3S/c1-12(17(31-3)18-22-9-13(21)10-23-18)33-28-20-26-25-19(15-5-4-6-16(24-15)30-2)29(20)11-14-7-8-32-27-14/h4-10,12,17H,11H2,1-3H3,(H,26,28). The fraction of sp³-hybridized carbons (Fsp3) is 0.300. The Morgan fingerprint density at radius 3 is 2.70 bits per heavy atom. The minimum absolute atomic E-state index is 0.0771. The van der Waals surface area contributed by atoms with Gasteiger partial charge in [-0.25, -0.2) is 15.0 Å². The van der Waals surface area contributed by atoms with Gasteiger partial charge in [-0.1, -0.05) is 22.8 Å². The zero-order chi connectivity index (χ0) is 23.2. The van der Waals surface area contributed by atoms with Crippen LogP contribution in [0.5, 0.6) is 5.88 Å². The van der Waals surface area contributed by atoms with Gasteiger partial charge in [-0.05, 0) is 24.9 Å². The number of nitrogens with one attached hydrogen (secondary N) is 1. The van der Waals surface area contributed by atoms with Crippen LogP contribution in [0.2, 0.25) is 5.02 Å². The highest BCUT2D eigenvalue weighted by Crippen LogP contribution is 2.29. The molecule has 172 valence electrons. The molecule has 0 amide bonds. The summed E-state index contributed by atoms with van der Waals surface area (Å²) in [6, 6.07) is 7.23. The third kappa shape index (κ3) is 5.41. The number of nitrogens with zero attached hydrogens (tertiary/aromatic N) is 7. The summed E-state index contributed by atoms with van der Waals surface area (Å²) in [6.45, 7) is 2.37. The molecule has 0 aliphatic rings. The summed E-state index contributed by atoms with van der Waals surface area (Å²) >= 11 is 7.31. The molecule has 2 atom stereocenters. The van der Waals surface area contributed by atoms with Crippen LogP contribution < -0.4 is 9.46 Å². The first-order chi connectivity index (χ1) is 16.1. The van der Waals surface area contributed by atoms with Crippen LogP contribution in [0.1, 0.15) is 24.5 Å². The first kappa shape index (κ1) is 23.0. The van der Waals surface area contributed by atoms with Crippen molar-refractivity contribution in [1.29, 1.82) is 0 Å². The highest BCUT2D eigenvalue weighted by Gasteiger charge is 2.24. The first-order valence-electron chi connectivity index (χ1n) is 9.84. The second kappa shape index (κ2) is 10.6. The van der Waals surface area contributed by atoms with Gasteiger partial charge in [0.15, 0.2) is 11.6 Å². The molecule has 13 heteroatoms. The molecule has 0 aliphatic carbocycles. The number of pyridine rings is 1. The maximum absolute atomic E-state index is 5.90. The van der Waals surface area contributed by atoms with E-state index >= 15 is 0 Å². The van der Waals surface area contributed by atoms with E-state index in [9.17, 15) is 0 Å². The molecule has 0 aromatic carbocycles. The van der Waals surface area contributed by atoms with Crippen molar-refractivity contribution < 1.29 is 14.0 Å². The lowest BCUT2D eigenvalue weighted by atomic mass is 10.2. The summed E-state index contributed by atoms with van der Waals surface area (Å²) in [6.07, 6.45) is 4.24. The van der Waals surface area contributed by atoms with Gasteiger partial charge < -0.3 is 14.0 Å². The lowest BCUT2D eigenvalue weighted by molar-refractivity contribution is 0.0972. The third-order valence-electron chi connectivity index (χ3n) is 4.64. The Morgan fingerprint density at radius 2 is 2.00 bits per heavy atom. The van der Waals surface area contributed by atoms with Crippen molar-refractivity contribution in [3.8, 4) is 17.4 Å². The summed E-state index contributed by atoms with van der Waals surface area (Å²) in [5.41, 5.74) is 1.32. The Hall–Kier alpha value is -3.22. The maximum Gasteiger partial charge on any atom is 0.235 e. The molecular weight excluding hydrogens is 468 g/mol. The molecular formula is C20H21ClN8O3S. The Bertz CT molecular complexity index is 1170. The Balaban J connectivity index is 1.57. The van der Waals surface area contributed by atoms with Gasteiger partial charge in [0.05, 0.1) is 23.9 Å². The van der Waals surface area contributed by atoms with E-state index in [0.29, 0.717) is 46.4 Å². The number of anilines is 1. The number of ether oxygens (including phenoxy) is 2. The summed E-state index contributed by atoms with van der Waals surface area (Å²) in [5.74, 6) is 2.08. The summed E-state index contributed by atoms with van der Waals surface area (Å²) in [5, 5.41) is 13.1. The van der Waals surface area contributed by atoms with Crippen molar-refractivity contribution in [3.05, 3.63) is 59.5 Å². The van der Waals surface area contributed by atoms with Crippen LogP contribution in [0.4, 0.5) is 5.95 Å². The van der Waals surface area contributed by atoms with Gasteiger partial charge in [-0.2, -0.15) is 0 Å². The first-order valence-corrected chi connectivity index (χ1v) is 11.1. The van der Waals surface area contributed by atoms with Gasteiger partial charge in [0.2, 0.25) is 11.8 Å². The normalized spacial score (nSPS) is 13.0. The summed E-state index contributed by atoms with van der Waals surface area (Å²) in [4.78, 5) is 13.0. The second-order valence-electron chi connectivity index (χ2n) is 6.83. The van der Waals surface area contributed by atoms with Crippen LogP contribution in [0.25, 0.3) is 11.5 Å². The van der Waals surface area contributed by atoms with E-state index in [2.05, 4.69) is 35.0 Å². The van der Waals surface area contributed by atoms with Crippen molar-refractivity contribution in [2.75, 3.05) is 18.9 Å². The SMILES string of the molecule is COc1cccc(-c2nnc(NSC(C)C(OC)c3ncc(Cl)cn3)n2Cc2ccon2)n1. The van der Waals surface area contributed by atoms with Crippen LogP contribution in [0.3, 0.4) is 0 Å². The minimum atomic E-state index is -0.369. The van der Waals surface area contributed by atoms with Crippen LogP contribution in [0, 0.1) is 0 Å². The van der Waals surface area contributed by atoms with E-state index in [0.717, 1.165) is 0 Å². The molecule has 4 rings (SSSR count). The van der Waals surface area contributed by atoms with Crippen LogP contribution >= 0.6 is 23.5 Å². The van der Waals surface area contributed by atoms with E-state index < -0.39 is 0 Å². The smallest absolute Gasteiger partial charge is 0.235 e. The molecule has 0 bridgehead atoms. The maximum atomic E-state index is 5.90. The number of hydrogen-bond donors (Lipinski definition) is 1. The number of halogens is 1. The van der Waals surface area contributed by atoms with E-state index in [1.807, 2.05) is 23.6 Å². The number of hydrogen-bond acceptors (Lipinski definition) is 11. The number of aromatic nitrogens is 7. The van der Waals surface area contributed by atoms with Gasteiger partial charge in [0.1, 0.15) is 23.8 Å². The number of rotatable bonds is 10. The fourth-order valence-corrected chi connectivity index (χ4v) is 3.93. The third-order valence-corrected chi connectivity index (χ3v) is 5.75. The second-order valence-corrected chi connectivity index (χ2v) is 8.45. The fourth-order valence-electron chi connectivity index (χ4n) is 3.04. The Kier molecular flexibility index (Phi) is 7.37. The molecule has 0 saturated carbocycles. The minimum Gasteiger partial charge on any atom is -0.481 e. The van der Waals surface area contributed by atoms with Crippen molar-refractivity contribution in [1.82, 2.24) is 34.9 Å². The lowest BCUT2D eigenvalue weighted by Gasteiger charge is -2.21. The largest absolute Gasteiger partial charge is 0.481 e.